The van der Waals surface area contributed by atoms with E-state index in [-0.39, 0.29) is 0 Å². The molecule has 2 atom stereocenters. The Hall–Kier alpha value is -0.0400. The second-order valence-corrected chi connectivity index (χ2v) is 5.82. The van der Waals surface area contributed by atoms with Crippen molar-refractivity contribution in [3.63, 3.8) is 0 Å². The SMILES string of the molecule is CCCC(C)CC(CNC1CC1)C(C)C. The molecule has 1 saturated carbocycles. The first-order valence-electron chi connectivity index (χ1n) is 6.86. The lowest BCUT2D eigenvalue weighted by molar-refractivity contribution is 0.285. The highest BCUT2D eigenvalue weighted by molar-refractivity contribution is 4.82. The summed E-state index contributed by atoms with van der Waals surface area (Å²) in [6.07, 6.45) is 6.96. The molecule has 0 amide bonds. The average Bonchev–Trinajstić information content (AvgIpc) is 2.95. The smallest absolute Gasteiger partial charge is 0.00683 e. The van der Waals surface area contributed by atoms with Crippen molar-refractivity contribution < 1.29 is 0 Å². The first kappa shape index (κ1) is 13.0. The quantitative estimate of drug-likeness (QED) is 0.643. The van der Waals surface area contributed by atoms with Crippen LogP contribution in [0.4, 0.5) is 0 Å². The normalized spacial score (nSPS) is 20.6. The fraction of sp³-hybridized carbons (Fsp3) is 1.00. The Balaban J connectivity index is 2.21. The summed E-state index contributed by atoms with van der Waals surface area (Å²) >= 11 is 0. The molecule has 0 aromatic heterocycles. The summed E-state index contributed by atoms with van der Waals surface area (Å²) in [4.78, 5) is 0. The van der Waals surface area contributed by atoms with Crippen LogP contribution in [0.3, 0.4) is 0 Å². The van der Waals surface area contributed by atoms with Gasteiger partial charge in [-0.25, -0.2) is 0 Å². The van der Waals surface area contributed by atoms with Crippen LogP contribution in [0.2, 0.25) is 0 Å². The van der Waals surface area contributed by atoms with Crippen LogP contribution in [-0.4, -0.2) is 12.6 Å². The molecule has 0 aromatic carbocycles. The van der Waals surface area contributed by atoms with Crippen LogP contribution in [0, 0.1) is 17.8 Å². The molecule has 1 fully saturated rings. The molecule has 0 heterocycles. The summed E-state index contributed by atoms with van der Waals surface area (Å²) in [5, 5.41) is 3.69. The van der Waals surface area contributed by atoms with Crippen LogP contribution in [0.1, 0.15) is 59.8 Å². The molecule has 1 aliphatic carbocycles. The maximum Gasteiger partial charge on any atom is 0.00683 e. The predicted molar refractivity (Wildman–Crippen MR) is 68.0 cm³/mol. The summed E-state index contributed by atoms with van der Waals surface area (Å²) in [6.45, 7) is 10.7. The molecule has 0 saturated heterocycles. The van der Waals surface area contributed by atoms with E-state index in [2.05, 4.69) is 33.0 Å². The van der Waals surface area contributed by atoms with Crippen LogP contribution < -0.4 is 5.32 Å². The van der Waals surface area contributed by atoms with E-state index in [1.165, 1.54) is 38.6 Å². The van der Waals surface area contributed by atoms with E-state index in [1.807, 2.05) is 0 Å². The van der Waals surface area contributed by atoms with E-state index in [4.69, 9.17) is 0 Å². The van der Waals surface area contributed by atoms with Gasteiger partial charge in [0.25, 0.3) is 0 Å². The monoisotopic (exact) mass is 211 g/mol. The molecule has 0 radical (unpaired) electrons. The third kappa shape index (κ3) is 5.55. The first-order valence-corrected chi connectivity index (χ1v) is 6.86. The highest BCUT2D eigenvalue weighted by atomic mass is 14.9. The topological polar surface area (TPSA) is 12.0 Å². The lowest BCUT2D eigenvalue weighted by atomic mass is 9.85. The number of rotatable bonds is 8. The molecule has 0 spiro atoms. The highest BCUT2D eigenvalue weighted by Crippen LogP contribution is 2.25. The van der Waals surface area contributed by atoms with Crippen molar-refractivity contribution in [3.8, 4) is 0 Å². The maximum atomic E-state index is 3.69. The molecular weight excluding hydrogens is 182 g/mol. The minimum atomic E-state index is 0.829. The van der Waals surface area contributed by atoms with E-state index in [0.717, 1.165) is 23.8 Å². The van der Waals surface area contributed by atoms with Crippen LogP contribution in [0.25, 0.3) is 0 Å². The fourth-order valence-corrected chi connectivity index (χ4v) is 2.32. The lowest BCUT2D eigenvalue weighted by Crippen LogP contribution is -2.29. The highest BCUT2D eigenvalue weighted by Gasteiger charge is 2.23. The lowest BCUT2D eigenvalue weighted by Gasteiger charge is -2.24. The van der Waals surface area contributed by atoms with E-state index in [0.29, 0.717) is 0 Å². The number of hydrogen-bond donors (Lipinski definition) is 1. The summed E-state index contributed by atoms with van der Waals surface area (Å²) in [5.41, 5.74) is 0. The molecule has 90 valence electrons. The van der Waals surface area contributed by atoms with Gasteiger partial charge in [0, 0.05) is 6.04 Å². The van der Waals surface area contributed by atoms with E-state index >= 15 is 0 Å². The van der Waals surface area contributed by atoms with Gasteiger partial charge in [-0.1, -0.05) is 40.5 Å². The Bertz CT molecular complexity index is 161. The van der Waals surface area contributed by atoms with Crippen molar-refractivity contribution in [2.24, 2.45) is 17.8 Å². The summed E-state index contributed by atoms with van der Waals surface area (Å²) in [6, 6.07) is 0.868. The van der Waals surface area contributed by atoms with Crippen molar-refractivity contribution in [2.75, 3.05) is 6.54 Å². The van der Waals surface area contributed by atoms with Gasteiger partial charge in [0.15, 0.2) is 0 Å². The van der Waals surface area contributed by atoms with Gasteiger partial charge in [0.05, 0.1) is 0 Å². The van der Waals surface area contributed by atoms with Crippen molar-refractivity contribution >= 4 is 0 Å². The molecule has 1 nitrogen and oxygen atoms in total. The molecule has 1 aliphatic rings. The van der Waals surface area contributed by atoms with Gasteiger partial charge < -0.3 is 5.32 Å². The second kappa shape index (κ2) is 6.52. The summed E-state index contributed by atoms with van der Waals surface area (Å²) in [7, 11) is 0. The molecule has 0 bridgehead atoms. The Morgan fingerprint density at radius 1 is 1.20 bits per heavy atom. The minimum absolute atomic E-state index is 0.829. The molecule has 1 heteroatoms. The van der Waals surface area contributed by atoms with Crippen LogP contribution in [0.5, 0.6) is 0 Å². The molecule has 2 unspecified atom stereocenters. The fourth-order valence-electron chi connectivity index (χ4n) is 2.32. The van der Waals surface area contributed by atoms with Gasteiger partial charge in [-0.05, 0) is 43.6 Å². The van der Waals surface area contributed by atoms with Crippen LogP contribution >= 0.6 is 0 Å². The van der Waals surface area contributed by atoms with Crippen molar-refractivity contribution in [1.29, 1.82) is 0 Å². The standard InChI is InChI=1S/C14H29N/c1-5-6-12(4)9-13(11(2)3)10-15-14-7-8-14/h11-15H,5-10H2,1-4H3. The van der Waals surface area contributed by atoms with Crippen LogP contribution in [-0.2, 0) is 0 Å². The summed E-state index contributed by atoms with van der Waals surface area (Å²) in [5.74, 6) is 2.62. The molecular formula is C14H29N. The largest absolute Gasteiger partial charge is 0.314 e. The zero-order valence-electron chi connectivity index (χ0n) is 11.1. The van der Waals surface area contributed by atoms with Gasteiger partial charge in [0.1, 0.15) is 0 Å². The van der Waals surface area contributed by atoms with Crippen molar-refractivity contribution in [3.05, 3.63) is 0 Å². The van der Waals surface area contributed by atoms with Gasteiger partial charge in [0.2, 0.25) is 0 Å². The third-order valence-electron chi connectivity index (χ3n) is 3.68. The zero-order valence-corrected chi connectivity index (χ0v) is 11.1. The van der Waals surface area contributed by atoms with E-state index in [9.17, 15) is 0 Å². The van der Waals surface area contributed by atoms with Crippen molar-refractivity contribution in [2.45, 2.75) is 65.8 Å². The molecule has 15 heavy (non-hydrogen) atoms. The van der Waals surface area contributed by atoms with Gasteiger partial charge >= 0.3 is 0 Å². The van der Waals surface area contributed by atoms with E-state index < -0.39 is 0 Å². The van der Waals surface area contributed by atoms with Gasteiger partial charge in [-0.3, -0.25) is 0 Å². The van der Waals surface area contributed by atoms with E-state index in [1.54, 1.807) is 0 Å². The molecule has 0 aromatic rings. The molecule has 1 N–H and O–H groups in total. The Kier molecular flexibility index (Phi) is 5.66. The Morgan fingerprint density at radius 3 is 2.33 bits per heavy atom. The minimum Gasteiger partial charge on any atom is -0.314 e. The zero-order chi connectivity index (χ0) is 11.3. The third-order valence-corrected chi connectivity index (χ3v) is 3.68. The average molecular weight is 211 g/mol. The number of hydrogen-bond acceptors (Lipinski definition) is 1. The van der Waals surface area contributed by atoms with Crippen LogP contribution in [0.15, 0.2) is 0 Å². The Labute approximate surface area is 96.0 Å². The van der Waals surface area contributed by atoms with Gasteiger partial charge in [-0.15, -0.1) is 0 Å². The molecule has 1 rings (SSSR count). The second-order valence-electron chi connectivity index (χ2n) is 5.82. The Morgan fingerprint density at radius 2 is 1.87 bits per heavy atom. The summed E-state index contributed by atoms with van der Waals surface area (Å²) < 4.78 is 0. The maximum absolute atomic E-state index is 3.69. The first-order chi connectivity index (χ1) is 7.13. The molecule has 0 aliphatic heterocycles. The number of nitrogens with one attached hydrogen (secondary N) is 1. The van der Waals surface area contributed by atoms with Gasteiger partial charge in [-0.2, -0.15) is 0 Å². The van der Waals surface area contributed by atoms with Crippen molar-refractivity contribution in [1.82, 2.24) is 5.32 Å². The predicted octanol–water partition coefficient (Wildman–Crippen LogP) is 3.84.